The molecular weight excluding hydrogens is 424 g/mol. The Morgan fingerprint density at radius 3 is 2.71 bits per heavy atom. The molecule has 0 radical (unpaired) electrons. The molecule has 0 aromatic carbocycles. The van der Waals surface area contributed by atoms with Crippen LogP contribution in [0.15, 0.2) is 16.9 Å². The third kappa shape index (κ3) is 6.05. The largest absolute Gasteiger partial charge is 0.431 e. The van der Waals surface area contributed by atoms with Crippen LogP contribution in [0, 0.1) is 5.92 Å². The Bertz CT molecular complexity index is 989. The fourth-order valence-corrected chi connectivity index (χ4v) is 4.24. The average molecular weight is 455 g/mol. The van der Waals surface area contributed by atoms with Crippen molar-refractivity contribution in [2.24, 2.45) is 5.92 Å². The van der Waals surface area contributed by atoms with Crippen LogP contribution >= 0.6 is 0 Å². The number of carbonyl (C=O) groups is 1. The number of anilines is 2. The molecule has 2 N–H and O–H groups in total. The van der Waals surface area contributed by atoms with E-state index in [-0.39, 0.29) is 37.4 Å². The van der Waals surface area contributed by atoms with E-state index in [0.29, 0.717) is 18.9 Å². The van der Waals surface area contributed by atoms with Crippen LogP contribution in [0.1, 0.15) is 56.3 Å². The lowest BCUT2D eigenvalue weighted by atomic mass is 10.1. The third-order valence-corrected chi connectivity index (χ3v) is 6.15. The van der Waals surface area contributed by atoms with Crippen LogP contribution < -0.4 is 10.0 Å². The van der Waals surface area contributed by atoms with Crippen LogP contribution in [-0.4, -0.2) is 59.7 Å². The molecule has 0 unspecified atom stereocenters. The summed E-state index contributed by atoms with van der Waals surface area (Å²) in [5.41, 5.74) is 1.45. The highest BCUT2D eigenvalue weighted by Crippen LogP contribution is 2.24. The van der Waals surface area contributed by atoms with Gasteiger partial charge in [0, 0.05) is 31.9 Å². The summed E-state index contributed by atoms with van der Waals surface area (Å²) in [6.45, 7) is 9.51. The summed E-state index contributed by atoms with van der Waals surface area (Å²) < 4.78 is 40.7. The predicted octanol–water partition coefficient (Wildman–Crippen LogP) is 2.09. The van der Waals surface area contributed by atoms with E-state index in [4.69, 9.17) is 9.15 Å². The van der Waals surface area contributed by atoms with Crippen molar-refractivity contribution in [2.75, 3.05) is 31.6 Å². The van der Waals surface area contributed by atoms with Gasteiger partial charge in [-0.3, -0.25) is 9.48 Å². The lowest BCUT2D eigenvalue weighted by molar-refractivity contribution is 0.0973. The molecule has 0 saturated carbocycles. The van der Waals surface area contributed by atoms with Gasteiger partial charge in [-0.2, -0.15) is 22.8 Å². The molecule has 0 spiro atoms. The number of rotatable bonds is 8. The number of aromatic nitrogens is 3. The molecule has 0 bridgehead atoms. The summed E-state index contributed by atoms with van der Waals surface area (Å²) in [6, 6.07) is 0.265. The van der Waals surface area contributed by atoms with E-state index in [2.05, 4.69) is 29.2 Å². The normalized spacial score (nSPS) is 15.9. The lowest BCUT2D eigenvalue weighted by Gasteiger charge is -2.18. The fourth-order valence-electron chi connectivity index (χ4n) is 3.08. The number of carbonyl (C=O) groups excluding carboxylic acids is 1. The van der Waals surface area contributed by atoms with Crippen molar-refractivity contribution < 1.29 is 22.4 Å². The van der Waals surface area contributed by atoms with Crippen molar-refractivity contribution in [3.8, 4) is 0 Å². The molecule has 0 aliphatic carbocycles. The van der Waals surface area contributed by atoms with Crippen molar-refractivity contribution in [2.45, 2.75) is 46.6 Å². The highest BCUT2D eigenvalue weighted by molar-refractivity contribution is 7.87. The van der Waals surface area contributed by atoms with Gasteiger partial charge in [0.2, 0.25) is 0 Å². The topological polar surface area (TPSA) is 132 Å². The minimum Gasteiger partial charge on any atom is -0.431 e. The maximum atomic E-state index is 12.5. The summed E-state index contributed by atoms with van der Waals surface area (Å²) in [6.07, 6.45) is 4.30. The molecule has 1 fully saturated rings. The second-order valence-corrected chi connectivity index (χ2v) is 9.80. The van der Waals surface area contributed by atoms with Crippen LogP contribution in [-0.2, 0) is 21.4 Å². The van der Waals surface area contributed by atoms with Crippen molar-refractivity contribution in [1.29, 1.82) is 0 Å². The first kappa shape index (κ1) is 23.2. The van der Waals surface area contributed by atoms with E-state index in [9.17, 15) is 13.2 Å². The predicted molar refractivity (Wildman–Crippen MR) is 114 cm³/mol. The number of nitrogens with one attached hydrogen (secondary N) is 2. The van der Waals surface area contributed by atoms with Gasteiger partial charge in [0.05, 0.1) is 18.0 Å². The van der Waals surface area contributed by atoms with E-state index in [1.807, 2.05) is 29.4 Å². The Morgan fingerprint density at radius 2 is 2.00 bits per heavy atom. The number of hydrogen-bond acceptors (Lipinski definition) is 8. The molecule has 1 aliphatic rings. The zero-order chi connectivity index (χ0) is 22.6. The molecule has 31 heavy (non-hydrogen) atoms. The monoisotopic (exact) mass is 454 g/mol. The smallest absolute Gasteiger partial charge is 0.304 e. The van der Waals surface area contributed by atoms with Crippen LogP contribution in [0.3, 0.4) is 0 Å². The number of hydrogen-bond donors (Lipinski definition) is 2. The molecule has 172 valence electrons. The van der Waals surface area contributed by atoms with Gasteiger partial charge in [-0.05, 0) is 32.6 Å². The summed E-state index contributed by atoms with van der Waals surface area (Å²) in [5.74, 6) is -0.459. The molecule has 2 aromatic rings. The second-order valence-electron chi connectivity index (χ2n) is 8.13. The lowest BCUT2D eigenvalue weighted by Crippen LogP contribution is -2.44. The van der Waals surface area contributed by atoms with E-state index >= 15 is 0 Å². The van der Waals surface area contributed by atoms with Crippen LogP contribution in [0.4, 0.5) is 11.7 Å². The van der Waals surface area contributed by atoms with Gasteiger partial charge in [-0.1, -0.05) is 13.8 Å². The van der Waals surface area contributed by atoms with Gasteiger partial charge in [0.1, 0.15) is 6.26 Å². The maximum absolute atomic E-state index is 12.5. The zero-order valence-electron chi connectivity index (χ0n) is 18.3. The summed E-state index contributed by atoms with van der Waals surface area (Å²) in [5, 5.41) is 7.65. The summed E-state index contributed by atoms with van der Waals surface area (Å²) in [7, 11) is -3.99. The maximum Gasteiger partial charge on any atom is 0.304 e. The molecule has 3 heterocycles. The van der Waals surface area contributed by atoms with E-state index in [1.54, 1.807) is 0 Å². The van der Waals surface area contributed by atoms with Gasteiger partial charge >= 0.3 is 10.2 Å². The fraction of sp³-hybridized carbons (Fsp3) is 0.632. The van der Waals surface area contributed by atoms with Crippen LogP contribution in [0.25, 0.3) is 0 Å². The first-order chi connectivity index (χ1) is 14.7. The van der Waals surface area contributed by atoms with E-state index in [0.717, 1.165) is 24.1 Å². The first-order valence-corrected chi connectivity index (χ1v) is 11.8. The highest BCUT2D eigenvalue weighted by Gasteiger charge is 2.27. The third-order valence-electron chi connectivity index (χ3n) is 4.66. The summed E-state index contributed by atoms with van der Waals surface area (Å²) >= 11 is 0. The molecule has 0 atom stereocenters. The minimum atomic E-state index is -3.99. The van der Waals surface area contributed by atoms with Crippen molar-refractivity contribution in [3.63, 3.8) is 0 Å². The van der Waals surface area contributed by atoms with Crippen LogP contribution in [0.5, 0.6) is 0 Å². The van der Waals surface area contributed by atoms with Crippen molar-refractivity contribution in [1.82, 2.24) is 23.8 Å². The Morgan fingerprint density at radius 1 is 1.23 bits per heavy atom. The Labute approximate surface area is 182 Å². The Kier molecular flexibility index (Phi) is 7.34. The zero-order valence-corrected chi connectivity index (χ0v) is 19.1. The van der Waals surface area contributed by atoms with Gasteiger partial charge in [0.15, 0.2) is 5.69 Å². The average Bonchev–Trinajstić information content (AvgIpc) is 3.19. The number of amides is 1. The van der Waals surface area contributed by atoms with Gasteiger partial charge in [-0.25, -0.2) is 4.72 Å². The summed E-state index contributed by atoms with van der Waals surface area (Å²) in [4.78, 5) is 16.5. The molecule has 1 saturated heterocycles. The number of nitrogens with zero attached hydrogens (tertiary/aromatic N) is 4. The molecule has 1 aliphatic heterocycles. The standard InChI is InChI=1S/C19H30N6O5S/c1-13(2)10-15-16(11-25(22-15)14(3)4)20-19-21-17(12-30-19)18(26)23-31(27,28)24-6-5-8-29-9-7-24/h11-14H,5-10H2,1-4H3,(H,20,21)(H,23,26). The molecule has 3 rings (SSSR count). The van der Waals surface area contributed by atoms with Gasteiger partial charge < -0.3 is 14.5 Å². The van der Waals surface area contributed by atoms with Crippen LogP contribution in [0.2, 0.25) is 0 Å². The van der Waals surface area contributed by atoms with Gasteiger partial charge in [0.25, 0.3) is 11.9 Å². The molecule has 2 aromatic heterocycles. The van der Waals surface area contributed by atoms with Crippen molar-refractivity contribution in [3.05, 3.63) is 23.8 Å². The quantitative estimate of drug-likeness (QED) is 0.620. The first-order valence-electron chi connectivity index (χ1n) is 10.4. The van der Waals surface area contributed by atoms with Gasteiger partial charge in [-0.15, -0.1) is 0 Å². The molecule has 12 heteroatoms. The highest BCUT2D eigenvalue weighted by atomic mass is 32.2. The Hall–Kier alpha value is -2.44. The Balaban J connectivity index is 1.70. The van der Waals surface area contributed by atoms with E-state index in [1.165, 1.54) is 4.31 Å². The molecule has 1 amide bonds. The number of ether oxygens (including phenoxy) is 1. The van der Waals surface area contributed by atoms with Crippen molar-refractivity contribution >= 4 is 27.8 Å². The van der Waals surface area contributed by atoms with E-state index < -0.39 is 16.1 Å². The minimum absolute atomic E-state index is 0.0824. The molecule has 11 nitrogen and oxygen atoms in total. The SMILES string of the molecule is CC(C)Cc1nn(C(C)C)cc1Nc1nc(C(=O)NS(=O)(=O)N2CCCOCC2)co1. The molecular formula is C19H30N6O5S. The second kappa shape index (κ2) is 9.79. The number of oxazole rings is 1.